The van der Waals surface area contributed by atoms with Crippen LogP contribution in [0.5, 0.6) is 0 Å². The van der Waals surface area contributed by atoms with Crippen molar-refractivity contribution in [1.29, 1.82) is 0 Å². The Bertz CT molecular complexity index is 829. The summed E-state index contributed by atoms with van der Waals surface area (Å²) in [6.07, 6.45) is 0. The molecule has 1 aliphatic heterocycles. The first kappa shape index (κ1) is 17.7. The van der Waals surface area contributed by atoms with Gasteiger partial charge in [-0.15, -0.1) is 0 Å². The predicted molar refractivity (Wildman–Crippen MR) is 108 cm³/mol. The molecule has 3 rings (SSSR count). The van der Waals surface area contributed by atoms with E-state index in [4.69, 9.17) is 12.2 Å². The molecule has 1 amide bonds. The fourth-order valence-corrected chi connectivity index (χ4v) is 5.20. The minimum atomic E-state index is -0.840. The molecule has 0 bridgehead atoms. The molecule has 1 saturated heterocycles. The van der Waals surface area contributed by atoms with Crippen LogP contribution in [0.25, 0.3) is 0 Å². The van der Waals surface area contributed by atoms with Crippen molar-refractivity contribution in [2.45, 2.75) is 24.5 Å². The average molecular weight is 370 g/mol. The maximum absolute atomic E-state index is 13.1. The van der Waals surface area contributed by atoms with E-state index in [-0.39, 0.29) is 17.6 Å². The van der Waals surface area contributed by atoms with E-state index in [1.807, 2.05) is 67.6 Å². The van der Waals surface area contributed by atoms with Crippen LogP contribution in [0.1, 0.15) is 25.3 Å². The van der Waals surface area contributed by atoms with Crippen molar-refractivity contribution in [3.8, 4) is 0 Å². The molecule has 2 aromatic rings. The van der Waals surface area contributed by atoms with E-state index in [9.17, 15) is 9.90 Å². The maximum atomic E-state index is 13.1. The Labute approximate surface area is 157 Å². The molecule has 0 radical (unpaired) electrons. The maximum Gasteiger partial charge on any atom is 0.241 e. The third-order valence-electron chi connectivity index (χ3n) is 4.37. The Hall–Kier alpha value is -2.11. The monoisotopic (exact) mass is 369 g/mol. The summed E-state index contributed by atoms with van der Waals surface area (Å²) in [5.41, 5.74) is 2.37. The van der Waals surface area contributed by atoms with Gasteiger partial charge in [-0.2, -0.15) is 0 Å². The summed E-state index contributed by atoms with van der Waals surface area (Å²) < 4.78 is -0.271. The number of thiocarbonyl (C=S) groups is 1. The first-order valence-corrected chi connectivity index (χ1v) is 9.20. The van der Waals surface area contributed by atoms with Gasteiger partial charge in [-0.3, -0.25) is 4.79 Å². The van der Waals surface area contributed by atoms with E-state index in [0.717, 1.165) is 11.3 Å². The topological polar surface area (TPSA) is 49.3 Å². The van der Waals surface area contributed by atoms with Crippen LogP contribution in [0.15, 0.2) is 72.0 Å². The van der Waals surface area contributed by atoms with Gasteiger partial charge in [-0.05, 0) is 31.5 Å². The van der Waals surface area contributed by atoms with Gasteiger partial charge in [0.15, 0.2) is 0 Å². The van der Waals surface area contributed by atoms with Gasteiger partial charge in [0.25, 0.3) is 0 Å². The molecule has 0 aliphatic carbocycles. The third-order valence-corrected chi connectivity index (χ3v) is 6.09. The molecule has 2 aromatic carbocycles. The van der Waals surface area contributed by atoms with E-state index in [1.54, 1.807) is 6.92 Å². The summed E-state index contributed by atoms with van der Waals surface area (Å²) >= 11 is 6.83. The van der Waals surface area contributed by atoms with E-state index in [2.05, 4.69) is 5.32 Å². The molecule has 0 saturated carbocycles. The Morgan fingerprint density at radius 1 is 1.12 bits per heavy atom. The lowest BCUT2D eigenvalue weighted by atomic mass is 9.80. The van der Waals surface area contributed by atoms with Crippen LogP contribution < -0.4 is 5.32 Å². The van der Waals surface area contributed by atoms with E-state index in [1.165, 1.54) is 11.8 Å². The second kappa shape index (κ2) is 7.02. The second-order valence-electron chi connectivity index (χ2n) is 6.16. The van der Waals surface area contributed by atoms with Gasteiger partial charge in [0.1, 0.15) is 4.75 Å². The van der Waals surface area contributed by atoms with Crippen molar-refractivity contribution in [3.05, 3.63) is 77.6 Å². The lowest BCUT2D eigenvalue weighted by Gasteiger charge is -2.29. The number of amides is 1. The number of para-hydroxylation sites is 1. The summed E-state index contributed by atoms with van der Waals surface area (Å²) in [5, 5.41) is 13.2. The van der Waals surface area contributed by atoms with E-state index in [0.29, 0.717) is 9.77 Å². The highest BCUT2D eigenvalue weighted by molar-refractivity contribution is 8.25. The zero-order valence-electron chi connectivity index (χ0n) is 14.0. The SMILES string of the molecule is C/C(O)=C1/C(=S)S[C@](C)(C(=O)Nc2ccccc2)[C@@H]1c1ccccc1. The smallest absolute Gasteiger partial charge is 0.241 e. The number of anilines is 1. The van der Waals surface area contributed by atoms with Crippen LogP contribution in [0.2, 0.25) is 0 Å². The number of benzene rings is 2. The number of aliphatic hydroxyl groups is 1. The number of hydrogen-bond donors (Lipinski definition) is 2. The molecule has 1 fully saturated rings. The van der Waals surface area contributed by atoms with Gasteiger partial charge >= 0.3 is 0 Å². The van der Waals surface area contributed by atoms with E-state index < -0.39 is 4.75 Å². The molecular weight excluding hydrogens is 350 g/mol. The number of carbonyl (C=O) groups excluding carboxylic acids is 1. The fraction of sp³-hybridized carbons (Fsp3) is 0.200. The van der Waals surface area contributed by atoms with Crippen molar-refractivity contribution < 1.29 is 9.90 Å². The summed E-state index contributed by atoms with van der Waals surface area (Å²) in [6.45, 7) is 3.51. The predicted octanol–water partition coefficient (Wildman–Crippen LogP) is 5.07. The van der Waals surface area contributed by atoms with Crippen LogP contribution in [0.3, 0.4) is 0 Å². The van der Waals surface area contributed by atoms with E-state index >= 15 is 0 Å². The highest BCUT2D eigenvalue weighted by atomic mass is 32.2. The van der Waals surface area contributed by atoms with Crippen molar-refractivity contribution >= 4 is 39.8 Å². The third kappa shape index (κ3) is 3.34. The van der Waals surface area contributed by atoms with Crippen LogP contribution >= 0.6 is 24.0 Å². The quantitative estimate of drug-likeness (QED) is 0.450. The Morgan fingerprint density at radius 3 is 2.24 bits per heavy atom. The van der Waals surface area contributed by atoms with Crippen molar-refractivity contribution in [2.24, 2.45) is 0 Å². The molecule has 1 heterocycles. The minimum Gasteiger partial charge on any atom is -0.512 e. The van der Waals surface area contributed by atoms with Gasteiger partial charge in [0.05, 0.1) is 9.96 Å². The molecular formula is C20H19NO2S2. The van der Waals surface area contributed by atoms with Gasteiger partial charge in [0, 0.05) is 17.2 Å². The molecule has 2 N–H and O–H groups in total. The Balaban J connectivity index is 2.04. The first-order valence-electron chi connectivity index (χ1n) is 7.98. The number of aliphatic hydroxyl groups excluding tert-OH is 1. The summed E-state index contributed by atoms with van der Waals surface area (Å²) in [7, 11) is 0. The lowest BCUT2D eigenvalue weighted by Crippen LogP contribution is -2.40. The van der Waals surface area contributed by atoms with Crippen LogP contribution in [-0.4, -0.2) is 20.0 Å². The minimum absolute atomic E-state index is 0.129. The van der Waals surface area contributed by atoms with Gasteiger partial charge < -0.3 is 10.4 Å². The Morgan fingerprint density at radius 2 is 1.68 bits per heavy atom. The molecule has 2 atom stereocenters. The number of rotatable bonds is 3. The number of hydrogen-bond acceptors (Lipinski definition) is 4. The largest absolute Gasteiger partial charge is 0.512 e. The second-order valence-corrected chi connectivity index (χ2v) is 8.29. The van der Waals surface area contributed by atoms with Crippen LogP contribution in [0.4, 0.5) is 5.69 Å². The highest BCUT2D eigenvalue weighted by Gasteiger charge is 2.52. The van der Waals surface area contributed by atoms with Crippen molar-refractivity contribution in [2.75, 3.05) is 5.32 Å². The number of carbonyl (C=O) groups is 1. The molecule has 3 nitrogen and oxygen atoms in total. The lowest BCUT2D eigenvalue weighted by molar-refractivity contribution is -0.118. The summed E-state index contributed by atoms with van der Waals surface area (Å²) in [4.78, 5) is 13.1. The highest BCUT2D eigenvalue weighted by Crippen LogP contribution is 2.54. The van der Waals surface area contributed by atoms with Gasteiger partial charge in [-0.1, -0.05) is 72.5 Å². The molecule has 25 heavy (non-hydrogen) atoms. The number of nitrogens with one attached hydrogen (secondary N) is 1. The molecule has 5 heteroatoms. The molecule has 128 valence electrons. The van der Waals surface area contributed by atoms with Gasteiger partial charge in [0.2, 0.25) is 5.91 Å². The fourth-order valence-electron chi connectivity index (χ4n) is 3.14. The zero-order valence-corrected chi connectivity index (χ0v) is 15.7. The average Bonchev–Trinajstić information content (AvgIpc) is 2.88. The van der Waals surface area contributed by atoms with Crippen molar-refractivity contribution in [1.82, 2.24) is 0 Å². The summed E-state index contributed by atoms with van der Waals surface area (Å²) in [6, 6.07) is 19.1. The standard InChI is InChI=1S/C20H19NO2S2/c1-13(22)16-17(14-9-5-3-6-10-14)20(2,25-18(16)24)19(23)21-15-11-7-4-8-12-15/h3-12,17,22H,1-2H3,(H,21,23)/b16-13-/t17-,20+/m1/s1. The molecule has 0 spiro atoms. The molecule has 0 unspecified atom stereocenters. The number of allylic oxidation sites excluding steroid dienone is 1. The van der Waals surface area contributed by atoms with Crippen LogP contribution in [-0.2, 0) is 4.79 Å². The first-order chi connectivity index (χ1) is 11.9. The summed E-state index contributed by atoms with van der Waals surface area (Å²) in [5.74, 6) is -0.265. The number of thioether (sulfide) groups is 1. The van der Waals surface area contributed by atoms with Crippen molar-refractivity contribution in [3.63, 3.8) is 0 Å². The van der Waals surface area contributed by atoms with Gasteiger partial charge in [-0.25, -0.2) is 0 Å². The Kier molecular flexibility index (Phi) is 4.97. The van der Waals surface area contributed by atoms with Crippen LogP contribution in [0, 0.1) is 0 Å². The zero-order chi connectivity index (χ0) is 18.0. The molecule has 1 aliphatic rings. The molecule has 0 aromatic heterocycles. The normalized spacial score (nSPS) is 24.9.